The van der Waals surface area contributed by atoms with Crippen molar-refractivity contribution in [2.45, 2.75) is 93.9 Å². The third-order valence-corrected chi connectivity index (χ3v) is 8.58. The van der Waals surface area contributed by atoms with Crippen LogP contribution < -0.4 is 0 Å². The van der Waals surface area contributed by atoms with Gasteiger partial charge < -0.3 is 20.4 Å². The second kappa shape index (κ2) is 14.7. The highest BCUT2D eigenvalue weighted by Crippen LogP contribution is 2.39. The van der Waals surface area contributed by atoms with E-state index in [1.807, 2.05) is 52.0 Å². The molecule has 0 aliphatic carbocycles. The average molecular weight is 597 g/mol. The van der Waals surface area contributed by atoms with Crippen LogP contribution in [-0.4, -0.2) is 20.4 Å². The Bertz CT molecular complexity index is 1470. The van der Waals surface area contributed by atoms with Crippen molar-refractivity contribution < 1.29 is 20.4 Å². The van der Waals surface area contributed by atoms with Gasteiger partial charge in [0.15, 0.2) is 0 Å². The van der Waals surface area contributed by atoms with Crippen molar-refractivity contribution in [3.63, 3.8) is 0 Å². The molecule has 0 aliphatic heterocycles. The molecule has 0 amide bonds. The molecule has 0 saturated heterocycles. The van der Waals surface area contributed by atoms with Crippen LogP contribution in [0, 0.1) is 53.4 Å². The van der Waals surface area contributed by atoms with Crippen LogP contribution in [0.5, 0.6) is 23.0 Å². The molecule has 0 aliphatic rings. The molecule has 0 saturated carbocycles. The Balaban J connectivity index is 0.000000241. The van der Waals surface area contributed by atoms with Gasteiger partial charge >= 0.3 is 0 Å². The fourth-order valence-corrected chi connectivity index (χ4v) is 6.02. The maximum Gasteiger partial charge on any atom is 0.118 e. The van der Waals surface area contributed by atoms with Gasteiger partial charge in [-0.1, -0.05) is 64.1 Å². The predicted molar refractivity (Wildman–Crippen MR) is 183 cm³/mol. The molecule has 44 heavy (non-hydrogen) atoms. The van der Waals surface area contributed by atoms with E-state index in [0.717, 1.165) is 46.2 Å². The standard InChI is InChI=1S/C21H28O2.C19H24O2/c1-12(2)7-19(17-8-15(5)20(22)10-13(17)3)18-9-16(6)21(23)11-14(18)4;1-12(2)9-17(15-5-7-18(20)13(3)10-15)16-6-8-19(21)14(4)11-16/h8-12,19,22-23H,7H2,1-6H3;5-8,10-12,17,20-21H,9H2,1-4H3. The highest BCUT2D eigenvalue weighted by Gasteiger charge is 2.22. The fraction of sp³-hybridized carbons (Fsp3) is 0.400. The molecule has 0 bridgehead atoms. The Labute approximate surface area is 265 Å². The molecule has 0 aromatic heterocycles. The van der Waals surface area contributed by atoms with E-state index >= 15 is 0 Å². The topological polar surface area (TPSA) is 80.9 Å². The second-order valence-electron chi connectivity index (χ2n) is 13.4. The lowest BCUT2D eigenvalue weighted by molar-refractivity contribution is 0.468. The quantitative estimate of drug-likeness (QED) is 0.163. The Kier molecular flexibility index (Phi) is 11.6. The lowest BCUT2D eigenvalue weighted by Gasteiger charge is -2.25. The summed E-state index contributed by atoms with van der Waals surface area (Å²) in [6.45, 7) is 20.8. The highest BCUT2D eigenvalue weighted by molar-refractivity contribution is 5.50. The summed E-state index contributed by atoms with van der Waals surface area (Å²) in [5.41, 5.74) is 10.8. The van der Waals surface area contributed by atoms with Crippen LogP contribution in [0.25, 0.3) is 0 Å². The Morgan fingerprint density at radius 3 is 1.09 bits per heavy atom. The molecule has 0 fully saturated rings. The first kappa shape index (κ1) is 34.6. The zero-order chi connectivity index (χ0) is 32.9. The number of aromatic hydroxyl groups is 4. The van der Waals surface area contributed by atoms with E-state index < -0.39 is 0 Å². The van der Waals surface area contributed by atoms with Crippen LogP contribution in [-0.2, 0) is 0 Å². The number of hydrogen-bond acceptors (Lipinski definition) is 4. The molecule has 4 nitrogen and oxygen atoms in total. The van der Waals surface area contributed by atoms with Crippen LogP contribution >= 0.6 is 0 Å². The van der Waals surface area contributed by atoms with E-state index in [4.69, 9.17) is 0 Å². The summed E-state index contributed by atoms with van der Waals surface area (Å²) < 4.78 is 0. The van der Waals surface area contributed by atoms with Gasteiger partial charge in [0, 0.05) is 11.8 Å². The Morgan fingerprint density at radius 2 is 0.750 bits per heavy atom. The number of aryl methyl sites for hydroxylation is 6. The molecule has 0 unspecified atom stereocenters. The largest absolute Gasteiger partial charge is 0.508 e. The smallest absolute Gasteiger partial charge is 0.118 e. The van der Waals surface area contributed by atoms with E-state index in [0.29, 0.717) is 34.8 Å². The van der Waals surface area contributed by atoms with Gasteiger partial charge in [-0.25, -0.2) is 0 Å². The lowest BCUT2D eigenvalue weighted by atomic mass is 9.80. The zero-order valence-corrected chi connectivity index (χ0v) is 28.3. The highest BCUT2D eigenvalue weighted by atomic mass is 16.3. The van der Waals surface area contributed by atoms with Crippen LogP contribution in [0.4, 0.5) is 0 Å². The maximum atomic E-state index is 9.96. The van der Waals surface area contributed by atoms with Crippen molar-refractivity contribution in [3.8, 4) is 23.0 Å². The van der Waals surface area contributed by atoms with Crippen LogP contribution in [0.3, 0.4) is 0 Å². The van der Waals surface area contributed by atoms with Crippen LogP contribution in [0.2, 0.25) is 0 Å². The maximum absolute atomic E-state index is 9.96. The molecule has 0 heterocycles. The Hall–Kier alpha value is -3.92. The van der Waals surface area contributed by atoms with Gasteiger partial charge in [0.2, 0.25) is 0 Å². The monoisotopic (exact) mass is 596 g/mol. The summed E-state index contributed by atoms with van der Waals surface area (Å²) in [4.78, 5) is 0. The molecule has 0 spiro atoms. The van der Waals surface area contributed by atoms with Crippen molar-refractivity contribution in [1.82, 2.24) is 0 Å². The van der Waals surface area contributed by atoms with Gasteiger partial charge in [0.1, 0.15) is 23.0 Å². The molecule has 4 aromatic rings. The molecule has 4 heteroatoms. The van der Waals surface area contributed by atoms with Crippen LogP contribution in [0.1, 0.15) is 108 Å². The van der Waals surface area contributed by atoms with Crippen molar-refractivity contribution in [3.05, 3.63) is 116 Å². The molecule has 4 aromatic carbocycles. The van der Waals surface area contributed by atoms with Crippen molar-refractivity contribution in [2.24, 2.45) is 11.8 Å². The summed E-state index contributed by atoms with van der Waals surface area (Å²) in [7, 11) is 0. The van der Waals surface area contributed by atoms with Crippen molar-refractivity contribution >= 4 is 0 Å². The minimum Gasteiger partial charge on any atom is -0.508 e. The molecular formula is C40H52O4. The minimum absolute atomic E-state index is 0.272. The van der Waals surface area contributed by atoms with E-state index in [1.54, 1.807) is 12.1 Å². The van der Waals surface area contributed by atoms with E-state index in [2.05, 4.69) is 65.8 Å². The van der Waals surface area contributed by atoms with E-state index in [1.165, 1.54) is 22.3 Å². The van der Waals surface area contributed by atoms with Gasteiger partial charge in [-0.05, 0) is 146 Å². The summed E-state index contributed by atoms with van der Waals surface area (Å²) in [6.07, 6.45) is 2.07. The number of rotatable bonds is 8. The van der Waals surface area contributed by atoms with Gasteiger partial charge in [0.05, 0.1) is 0 Å². The molecule has 0 atom stereocenters. The number of benzene rings is 4. The van der Waals surface area contributed by atoms with E-state index in [9.17, 15) is 20.4 Å². The minimum atomic E-state index is 0.272. The van der Waals surface area contributed by atoms with Gasteiger partial charge in [0.25, 0.3) is 0 Å². The van der Waals surface area contributed by atoms with Crippen LogP contribution in [0.15, 0.2) is 60.7 Å². The molecule has 4 rings (SSSR count). The first-order valence-electron chi connectivity index (χ1n) is 15.8. The number of phenols is 4. The van der Waals surface area contributed by atoms with E-state index in [-0.39, 0.29) is 11.8 Å². The molecule has 236 valence electrons. The number of phenolic OH excluding ortho intramolecular Hbond substituents is 4. The third kappa shape index (κ3) is 8.59. The predicted octanol–water partition coefficient (Wildman–Crippen LogP) is 10.4. The third-order valence-electron chi connectivity index (χ3n) is 8.58. The summed E-state index contributed by atoms with van der Waals surface area (Å²) >= 11 is 0. The molecule has 0 radical (unpaired) electrons. The lowest BCUT2D eigenvalue weighted by Crippen LogP contribution is -2.09. The average Bonchev–Trinajstić information content (AvgIpc) is 2.94. The summed E-state index contributed by atoms with van der Waals surface area (Å²) in [5.74, 6) is 3.06. The van der Waals surface area contributed by atoms with Crippen molar-refractivity contribution in [2.75, 3.05) is 0 Å². The number of hydrogen-bond donors (Lipinski definition) is 4. The van der Waals surface area contributed by atoms with Gasteiger partial charge in [-0.3, -0.25) is 0 Å². The van der Waals surface area contributed by atoms with Gasteiger partial charge in [-0.2, -0.15) is 0 Å². The zero-order valence-electron chi connectivity index (χ0n) is 28.3. The van der Waals surface area contributed by atoms with Gasteiger partial charge in [-0.15, -0.1) is 0 Å². The van der Waals surface area contributed by atoms with Crippen molar-refractivity contribution in [1.29, 1.82) is 0 Å². The first-order valence-corrected chi connectivity index (χ1v) is 15.8. The normalized spacial score (nSPS) is 11.4. The second-order valence-corrected chi connectivity index (χ2v) is 13.4. The first-order chi connectivity index (χ1) is 20.6. The summed E-state index contributed by atoms with van der Waals surface area (Å²) in [5, 5.41) is 39.4. The summed E-state index contributed by atoms with van der Waals surface area (Å²) in [6, 6.07) is 19.6. The Morgan fingerprint density at radius 1 is 0.409 bits per heavy atom. The fourth-order valence-electron chi connectivity index (χ4n) is 6.02. The molecule has 4 N–H and O–H groups in total. The molecular weight excluding hydrogens is 544 g/mol. The SMILES string of the molecule is Cc1cc(C(CC(C)C)c2cc(C)c(O)cc2C)c(C)cc1O.Cc1cc(C(CC(C)C)c2ccc(O)c(C)c2)ccc1O.